The Bertz CT molecular complexity index is 268. The molecule has 1 fully saturated rings. The lowest BCUT2D eigenvalue weighted by Crippen LogP contribution is -2.52. The van der Waals surface area contributed by atoms with Gasteiger partial charge in [0.1, 0.15) is 0 Å². The van der Waals surface area contributed by atoms with Crippen molar-refractivity contribution in [1.29, 1.82) is 0 Å². The van der Waals surface area contributed by atoms with Crippen LogP contribution in [0.15, 0.2) is 0 Å². The van der Waals surface area contributed by atoms with Crippen LogP contribution < -0.4 is 0 Å². The molecule has 1 unspecified atom stereocenters. The second-order valence-corrected chi connectivity index (χ2v) is 5.35. The molecule has 0 radical (unpaired) electrons. The Morgan fingerprint density at radius 1 is 1.59 bits per heavy atom. The number of nitrogens with zero attached hydrogens (tertiary/aromatic N) is 2. The molecule has 1 aliphatic heterocycles. The summed E-state index contributed by atoms with van der Waals surface area (Å²) in [6.45, 7) is 8.12. The number of hydrogen-bond donors (Lipinski definition) is 1. The van der Waals surface area contributed by atoms with Crippen molar-refractivity contribution in [3.8, 4) is 0 Å². The molecule has 0 saturated carbocycles. The minimum absolute atomic E-state index is 0.0380. The molecule has 0 aliphatic carbocycles. The van der Waals surface area contributed by atoms with E-state index in [1.807, 2.05) is 37.6 Å². The van der Waals surface area contributed by atoms with Crippen LogP contribution in [0.3, 0.4) is 0 Å². The molecular formula is C12H24N2O3. The molecule has 5 heteroatoms. The van der Waals surface area contributed by atoms with Gasteiger partial charge < -0.3 is 14.7 Å². The maximum atomic E-state index is 12.1. The molecule has 5 nitrogen and oxygen atoms in total. The normalized spacial score (nSPS) is 22.0. The Morgan fingerprint density at radius 3 is 2.76 bits per heavy atom. The third kappa shape index (κ3) is 3.94. The van der Waals surface area contributed by atoms with Crippen molar-refractivity contribution in [3.63, 3.8) is 0 Å². The van der Waals surface area contributed by atoms with Gasteiger partial charge in [0.2, 0.25) is 5.91 Å². The zero-order valence-corrected chi connectivity index (χ0v) is 11.3. The average molecular weight is 244 g/mol. The minimum Gasteiger partial charge on any atom is -0.394 e. The zero-order valence-electron chi connectivity index (χ0n) is 11.3. The smallest absolute Gasteiger partial charge is 0.236 e. The number of aliphatic hydroxyl groups excluding tert-OH is 1. The van der Waals surface area contributed by atoms with Crippen LogP contribution in [0, 0.1) is 0 Å². The fourth-order valence-electron chi connectivity index (χ4n) is 1.68. The molecular weight excluding hydrogens is 220 g/mol. The number of morpholine rings is 1. The van der Waals surface area contributed by atoms with Gasteiger partial charge in [-0.15, -0.1) is 0 Å². The number of carbonyl (C=O) groups excluding carboxylic acids is 1. The third-order valence-electron chi connectivity index (χ3n) is 3.39. The molecule has 100 valence electrons. The van der Waals surface area contributed by atoms with Crippen molar-refractivity contribution in [1.82, 2.24) is 9.80 Å². The number of carbonyl (C=O) groups is 1. The first kappa shape index (κ1) is 14.4. The summed E-state index contributed by atoms with van der Waals surface area (Å²) >= 11 is 0. The molecule has 1 rings (SSSR count). The molecule has 1 atom stereocenters. The summed E-state index contributed by atoms with van der Waals surface area (Å²) in [6.07, 6.45) is 0.115. The van der Waals surface area contributed by atoms with Gasteiger partial charge in [-0.25, -0.2) is 0 Å². The summed E-state index contributed by atoms with van der Waals surface area (Å²) in [7, 11) is 1.86. The lowest BCUT2D eigenvalue weighted by molar-refractivity contribution is -0.140. The molecule has 1 heterocycles. The standard InChI is InChI=1S/C12H24N2O3/c1-10-7-14(5-6-17-10)11(16)8-13(4)12(2,3)9-15/h10,15H,5-9H2,1-4H3. The van der Waals surface area contributed by atoms with Crippen molar-refractivity contribution < 1.29 is 14.6 Å². The molecule has 0 aromatic rings. The van der Waals surface area contributed by atoms with Gasteiger partial charge in [-0.05, 0) is 27.8 Å². The number of aliphatic hydroxyl groups is 1. The molecule has 1 aliphatic rings. The molecule has 1 N–H and O–H groups in total. The lowest BCUT2D eigenvalue weighted by Gasteiger charge is -2.36. The average Bonchev–Trinajstić information content (AvgIpc) is 2.28. The summed E-state index contributed by atoms with van der Waals surface area (Å²) in [6, 6.07) is 0. The molecule has 0 aromatic carbocycles. The van der Waals surface area contributed by atoms with Crippen molar-refractivity contribution in [2.75, 3.05) is 39.9 Å². The van der Waals surface area contributed by atoms with Gasteiger partial charge in [-0.3, -0.25) is 9.69 Å². The van der Waals surface area contributed by atoms with Gasteiger partial charge in [0.15, 0.2) is 0 Å². The van der Waals surface area contributed by atoms with E-state index < -0.39 is 0 Å². The summed E-state index contributed by atoms with van der Waals surface area (Å²) in [4.78, 5) is 15.8. The van der Waals surface area contributed by atoms with E-state index in [1.165, 1.54) is 0 Å². The van der Waals surface area contributed by atoms with Crippen LogP contribution in [0.5, 0.6) is 0 Å². The zero-order chi connectivity index (χ0) is 13.1. The molecule has 17 heavy (non-hydrogen) atoms. The first-order valence-corrected chi connectivity index (χ1v) is 6.08. The van der Waals surface area contributed by atoms with Gasteiger partial charge in [0.05, 0.1) is 25.9 Å². The summed E-state index contributed by atoms with van der Waals surface area (Å²) < 4.78 is 5.40. The van der Waals surface area contributed by atoms with E-state index in [1.54, 1.807) is 0 Å². The van der Waals surface area contributed by atoms with E-state index in [9.17, 15) is 9.90 Å². The van der Waals surface area contributed by atoms with Crippen molar-refractivity contribution in [2.45, 2.75) is 32.4 Å². The van der Waals surface area contributed by atoms with E-state index >= 15 is 0 Å². The highest BCUT2D eigenvalue weighted by Crippen LogP contribution is 2.12. The number of hydrogen-bond acceptors (Lipinski definition) is 4. The molecule has 0 aromatic heterocycles. The highest BCUT2D eigenvalue weighted by molar-refractivity contribution is 5.78. The van der Waals surface area contributed by atoms with E-state index in [0.29, 0.717) is 26.2 Å². The van der Waals surface area contributed by atoms with Crippen LogP contribution in [-0.2, 0) is 9.53 Å². The Balaban J connectivity index is 2.48. The van der Waals surface area contributed by atoms with Crippen LogP contribution in [0.4, 0.5) is 0 Å². The number of rotatable bonds is 4. The second-order valence-electron chi connectivity index (χ2n) is 5.35. The summed E-state index contributed by atoms with van der Waals surface area (Å²) in [5, 5.41) is 9.24. The van der Waals surface area contributed by atoms with Crippen molar-refractivity contribution in [3.05, 3.63) is 0 Å². The van der Waals surface area contributed by atoms with Crippen LogP contribution >= 0.6 is 0 Å². The van der Waals surface area contributed by atoms with Crippen LogP contribution in [0.1, 0.15) is 20.8 Å². The Kier molecular flexibility index (Phi) is 4.91. The largest absolute Gasteiger partial charge is 0.394 e. The topological polar surface area (TPSA) is 53.0 Å². The third-order valence-corrected chi connectivity index (χ3v) is 3.39. The first-order chi connectivity index (χ1) is 7.86. The number of amides is 1. The summed E-state index contributed by atoms with van der Waals surface area (Å²) in [5.74, 6) is 0.101. The molecule has 0 spiro atoms. The fraction of sp³-hybridized carbons (Fsp3) is 0.917. The predicted octanol–water partition coefficient (Wildman–Crippen LogP) is -0.0636. The van der Waals surface area contributed by atoms with Gasteiger partial charge in [0, 0.05) is 18.6 Å². The number of likely N-dealkylation sites (N-methyl/N-ethyl adjacent to an activating group) is 1. The van der Waals surface area contributed by atoms with Crippen LogP contribution in [0.25, 0.3) is 0 Å². The van der Waals surface area contributed by atoms with Gasteiger partial charge in [0.25, 0.3) is 0 Å². The van der Waals surface area contributed by atoms with E-state index in [2.05, 4.69) is 0 Å². The Morgan fingerprint density at radius 2 is 2.24 bits per heavy atom. The van der Waals surface area contributed by atoms with Gasteiger partial charge >= 0.3 is 0 Å². The van der Waals surface area contributed by atoms with Gasteiger partial charge in [-0.2, -0.15) is 0 Å². The highest BCUT2D eigenvalue weighted by atomic mass is 16.5. The van der Waals surface area contributed by atoms with E-state index in [0.717, 1.165) is 0 Å². The fourth-order valence-corrected chi connectivity index (χ4v) is 1.68. The lowest BCUT2D eigenvalue weighted by atomic mass is 10.1. The van der Waals surface area contributed by atoms with E-state index in [-0.39, 0.29) is 24.2 Å². The van der Waals surface area contributed by atoms with Crippen molar-refractivity contribution in [2.24, 2.45) is 0 Å². The predicted molar refractivity (Wildman–Crippen MR) is 65.8 cm³/mol. The minimum atomic E-state index is -0.367. The Hall–Kier alpha value is -0.650. The monoisotopic (exact) mass is 244 g/mol. The Labute approximate surface area is 103 Å². The van der Waals surface area contributed by atoms with Crippen molar-refractivity contribution >= 4 is 5.91 Å². The maximum absolute atomic E-state index is 12.1. The van der Waals surface area contributed by atoms with Gasteiger partial charge in [-0.1, -0.05) is 0 Å². The van der Waals surface area contributed by atoms with Crippen LogP contribution in [0.2, 0.25) is 0 Å². The second kappa shape index (κ2) is 5.80. The molecule has 1 amide bonds. The molecule has 1 saturated heterocycles. The highest BCUT2D eigenvalue weighted by Gasteiger charge is 2.27. The first-order valence-electron chi connectivity index (χ1n) is 6.08. The SMILES string of the molecule is CC1CN(C(=O)CN(C)C(C)(C)CO)CCO1. The summed E-state index contributed by atoms with van der Waals surface area (Å²) in [5.41, 5.74) is -0.367. The van der Waals surface area contributed by atoms with Crippen LogP contribution in [-0.4, -0.2) is 72.4 Å². The quantitative estimate of drug-likeness (QED) is 0.752. The number of ether oxygens (including phenoxy) is 1. The van der Waals surface area contributed by atoms with E-state index in [4.69, 9.17) is 4.74 Å². The molecule has 0 bridgehead atoms. The maximum Gasteiger partial charge on any atom is 0.236 e.